The van der Waals surface area contributed by atoms with Crippen molar-refractivity contribution in [3.8, 4) is 0 Å². The Morgan fingerprint density at radius 3 is 2.74 bits per heavy atom. The van der Waals surface area contributed by atoms with Gasteiger partial charge < -0.3 is 4.74 Å². The summed E-state index contributed by atoms with van der Waals surface area (Å²) in [5.41, 5.74) is 2.25. The summed E-state index contributed by atoms with van der Waals surface area (Å²) in [5.74, 6) is -0.661. The average Bonchev–Trinajstić information content (AvgIpc) is 2.63. The summed E-state index contributed by atoms with van der Waals surface area (Å²) in [6, 6.07) is 0. The Kier molecular flexibility index (Phi) is 3.79. The minimum absolute atomic E-state index is 0.0379. The van der Waals surface area contributed by atoms with Gasteiger partial charge in [0.1, 0.15) is 12.4 Å². The van der Waals surface area contributed by atoms with Crippen LogP contribution in [0.1, 0.15) is 33.1 Å². The van der Waals surface area contributed by atoms with E-state index in [9.17, 15) is 14.4 Å². The van der Waals surface area contributed by atoms with Gasteiger partial charge in [-0.15, -0.1) is 0 Å². The second-order valence-electron chi connectivity index (χ2n) is 4.91. The lowest BCUT2D eigenvalue weighted by atomic mass is 9.93. The molecular formula is C15H16O4. The molecule has 1 aliphatic heterocycles. The molecule has 2 rings (SSSR count). The van der Waals surface area contributed by atoms with Gasteiger partial charge in [0.05, 0.1) is 0 Å². The minimum atomic E-state index is -0.592. The molecule has 100 valence electrons. The van der Waals surface area contributed by atoms with Crippen molar-refractivity contribution in [1.82, 2.24) is 0 Å². The van der Waals surface area contributed by atoms with Crippen molar-refractivity contribution in [3.63, 3.8) is 0 Å². The Labute approximate surface area is 111 Å². The van der Waals surface area contributed by atoms with Crippen LogP contribution in [0.4, 0.5) is 0 Å². The fourth-order valence-corrected chi connectivity index (χ4v) is 2.34. The highest BCUT2D eigenvalue weighted by molar-refractivity contribution is 6.09. The minimum Gasteiger partial charge on any atom is -0.450 e. The number of fused-ring (bicyclic) bond motifs is 1. The highest BCUT2D eigenvalue weighted by atomic mass is 16.5. The topological polar surface area (TPSA) is 60.4 Å². The highest BCUT2D eigenvalue weighted by Gasteiger charge is 2.34. The lowest BCUT2D eigenvalue weighted by molar-refractivity contribution is -0.138. The standard InChI is InChI=1S/C15H16O4/c1-9-4-3-5-11(8-16)7-12(17)14-10(2)15(18)19-13(14)6-9/h5-6,8,13H,3-4,7H2,1-2H3/b9-6+,11-5+/t13-/m1/s1. The van der Waals surface area contributed by atoms with E-state index in [1.165, 1.54) is 0 Å². The molecule has 0 N–H and O–H groups in total. The molecule has 1 aliphatic carbocycles. The molecule has 0 aromatic carbocycles. The fourth-order valence-electron chi connectivity index (χ4n) is 2.34. The number of rotatable bonds is 1. The highest BCUT2D eigenvalue weighted by Crippen LogP contribution is 2.28. The Morgan fingerprint density at radius 2 is 2.05 bits per heavy atom. The van der Waals surface area contributed by atoms with Crippen molar-refractivity contribution in [2.24, 2.45) is 0 Å². The van der Waals surface area contributed by atoms with Crippen LogP contribution in [-0.4, -0.2) is 24.1 Å². The van der Waals surface area contributed by atoms with Crippen LogP contribution in [0.2, 0.25) is 0 Å². The summed E-state index contributed by atoms with van der Waals surface area (Å²) in [7, 11) is 0. The zero-order chi connectivity index (χ0) is 14.0. The molecule has 0 radical (unpaired) electrons. The zero-order valence-corrected chi connectivity index (χ0v) is 11.1. The fraction of sp³-hybridized carbons (Fsp3) is 0.400. The van der Waals surface area contributed by atoms with Crippen molar-refractivity contribution in [3.05, 3.63) is 34.4 Å². The number of hydrogen-bond acceptors (Lipinski definition) is 4. The largest absolute Gasteiger partial charge is 0.450 e. The number of carbonyl (C=O) groups excluding carboxylic acids is 3. The molecule has 0 fully saturated rings. The third-order valence-corrected chi connectivity index (χ3v) is 3.43. The second-order valence-corrected chi connectivity index (χ2v) is 4.91. The number of allylic oxidation sites excluding steroid dienone is 3. The molecule has 1 heterocycles. The predicted molar refractivity (Wildman–Crippen MR) is 69.3 cm³/mol. The Hall–Kier alpha value is -1.97. The summed E-state index contributed by atoms with van der Waals surface area (Å²) in [6.07, 6.45) is 5.26. The van der Waals surface area contributed by atoms with Gasteiger partial charge in [0.2, 0.25) is 0 Å². The van der Waals surface area contributed by atoms with Crippen molar-refractivity contribution >= 4 is 18.0 Å². The van der Waals surface area contributed by atoms with Crippen LogP contribution in [0.15, 0.2) is 34.4 Å². The molecule has 0 aromatic heterocycles. The number of carbonyl (C=O) groups is 3. The summed E-state index contributed by atoms with van der Waals surface area (Å²) in [6.45, 7) is 3.52. The third-order valence-electron chi connectivity index (χ3n) is 3.43. The molecule has 2 aliphatic rings. The molecule has 0 saturated carbocycles. The number of Topliss-reactive ketones (excluding diaryl/α,β-unsaturated/α-hetero) is 1. The molecule has 19 heavy (non-hydrogen) atoms. The van der Waals surface area contributed by atoms with E-state index in [4.69, 9.17) is 4.74 Å². The number of ether oxygens (including phenoxy) is 1. The van der Waals surface area contributed by atoms with E-state index in [1.807, 2.05) is 13.0 Å². The average molecular weight is 260 g/mol. The SMILES string of the molecule is CC1=C2C(=O)C/C(C=O)=C\CC/C(C)=C/[C@H]2OC1=O. The molecule has 4 nitrogen and oxygen atoms in total. The van der Waals surface area contributed by atoms with Crippen LogP contribution in [0.5, 0.6) is 0 Å². The van der Waals surface area contributed by atoms with Crippen molar-refractivity contribution in [1.29, 1.82) is 0 Å². The van der Waals surface area contributed by atoms with Crippen LogP contribution in [0, 0.1) is 0 Å². The van der Waals surface area contributed by atoms with Gasteiger partial charge in [0, 0.05) is 17.6 Å². The maximum atomic E-state index is 12.2. The molecule has 0 aromatic rings. The van der Waals surface area contributed by atoms with E-state index in [0.717, 1.165) is 12.0 Å². The Morgan fingerprint density at radius 1 is 1.32 bits per heavy atom. The van der Waals surface area contributed by atoms with Gasteiger partial charge in [0.25, 0.3) is 0 Å². The molecule has 1 atom stereocenters. The van der Waals surface area contributed by atoms with Gasteiger partial charge in [-0.3, -0.25) is 9.59 Å². The van der Waals surface area contributed by atoms with Crippen molar-refractivity contribution in [2.45, 2.75) is 39.2 Å². The summed E-state index contributed by atoms with van der Waals surface area (Å²) in [5, 5.41) is 0. The zero-order valence-electron chi connectivity index (χ0n) is 11.1. The molecule has 0 bridgehead atoms. The summed E-state index contributed by atoms with van der Waals surface area (Å²) in [4.78, 5) is 34.8. The summed E-state index contributed by atoms with van der Waals surface area (Å²) >= 11 is 0. The Balaban J connectivity index is 2.44. The molecule has 4 heteroatoms. The van der Waals surface area contributed by atoms with E-state index in [-0.39, 0.29) is 12.2 Å². The lowest BCUT2D eigenvalue weighted by Crippen LogP contribution is -2.17. The number of hydrogen-bond donors (Lipinski definition) is 0. The molecule has 0 amide bonds. The monoisotopic (exact) mass is 260 g/mol. The van der Waals surface area contributed by atoms with Crippen LogP contribution < -0.4 is 0 Å². The molecule has 0 unspecified atom stereocenters. The quantitative estimate of drug-likeness (QED) is 0.411. The molecule has 0 spiro atoms. The van der Waals surface area contributed by atoms with Gasteiger partial charge >= 0.3 is 5.97 Å². The predicted octanol–water partition coefficient (Wildman–Crippen LogP) is 2.05. The van der Waals surface area contributed by atoms with Crippen LogP contribution in [-0.2, 0) is 19.1 Å². The first kappa shape index (κ1) is 13.5. The van der Waals surface area contributed by atoms with Gasteiger partial charge in [-0.25, -0.2) is 4.79 Å². The van der Waals surface area contributed by atoms with Gasteiger partial charge in [-0.1, -0.05) is 11.6 Å². The number of esters is 1. The first-order chi connectivity index (χ1) is 9.02. The van der Waals surface area contributed by atoms with Crippen molar-refractivity contribution in [2.75, 3.05) is 0 Å². The van der Waals surface area contributed by atoms with E-state index in [1.54, 1.807) is 13.0 Å². The normalized spacial score (nSPS) is 29.9. The van der Waals surface area contributed by atoms with E-state index < -0.39 is 12.1 Å². The van der Waals surface area contributed by atoms with Crippen molar-refractivity contribution < 1.29 is 19.1 Å². The van der Waals surface area contributed by atoms with E-state index >= 15 is 0 Å². The number of ketones is 1. The first-order valence-corrected chi connectivity index (χ1v) is 6.29. The van der Waals surface area contributed by atoms with Gasteiger partial charge in [-0.05, 0) is 38.3 Å². The maximum absolute atomic E-state index is 12.2. The first-order valence-electron chi connectivity index (χ1n) is 6.29. The maximum Gasteiger partial charge on any atom is 0.335 e. The van der Waals surface area contributed by atoms with E-state index in [0.29, 0.717) is 29.4 Å². The van der Waals surface area contributed by atoms with E-state index in [2.05, 4.69) is 0 Å². The smallest absolute Gasteiger partial charge is 0.335 e. The number of aldehydes is 1. The molecular weight excluding hydrogens is 244 g/mol. The van der Waals surface area contributed by atoms with Gasteiger partial charge in [-0.2, -0.15) is 0 Å². The van der Waals surface area contributed by atoms with Crippen LogP contribution in [0.3, 0.4) is 0 Å². The third kappa shape index (κ3) is 2.72. The van der Waals surface area contributed by atoms with Gasteiger partial charge in [0.15, 0.2) is 5.78 Å². The van der Waals surface area contributed by atoms with Crippen LogP contribution >= 0.6 is 0 Å². The lowest BCUT2D eigenvalue weighted by Gasteiger charge is -2.13. The second kappa shape index (κ2) is 5.34. The molecule has 0 saturated heterocycles. The Bertz CT molecular complexity index is 534. The van der Waals surface area contributed by atoms with Crippen LogP contribution in [0.25, 0.3) is 0 Å². The summed E-state index contributed by atoms with van der Waals surface area (Å²) < 4.78 is 5.20.